The fraction of sp³-hybridized carbons (Fsp3) is 0.458. The Morgan fingerprint density at radius 2 is 1.69 bits per heavy atom. The number of hydrogen-bond acceptors (Lipinski definition) is 5. The van der Waals surface area contributed by atoms with Gasteiger partial charge in [0.25, 0.3) is 0 Å². The predicted molar refractivity (Wildman–Crippen MR) is 121 cm³/mol. The van der Waals surface area contributed by atoms with E-state index in [-0.39, 0.29) is 18.2 Å². The minimum atomic E-state index is -3.64. The van der Waals surface area contributed by atoms with Gasteiger partial charge >= 0.3 is 6.09 Å². The summed E-state index contributed by atoms with van der Waals surface area (Å²) in [6.45, 7) is 6.75. The monoisotopic (exact) mass is 458 g/mol. The van der Waals surface area contributed by atoms with Crippen LogP contribution in [0.2, 0.25) is 0 Å². The molecule has 2 aromatic rings. The largest absolute Gasteiger partial charge is 0.496 e. The van der Waals surface area contributed by atoms with Gasteiger partial charge in [-0.3, -0.25) is 0 Å². The molecule has 4 rings (SSSR count). The smallest absolute Gasteiger partial charge is 0.410 e. The van der Waals surface area contributed by atoms with Gasteiger partial charge in [0.15, 0.2) is 0 Å². The van der Waals surface area contributed by atoms with Crippen LogP contribution in [0.4, 0.5) is 4.79 Å². The van der Waals surface area contributed by atoms with Crippen molar-refractivity contribution in [2.75, 3.05) is 26.7 Å². The van der Waals surface area contributed by atoms with Gasteiger partial charge in [-0.2, -0.15) is 4.31 Å². The first-order valence-electron chi connectivity index (χ1n) is 10.9. The van der Waals surface area contributed by atoms with Gasteiger partial charge in [-0.15, -0.1) is 0 Å². The van der Waals surface area contributed by atoms with Gasteiger partial charge in [0.2, 0.25) is 10.0 Å². The van der Waals surface area contributed by atoms with E-state index in [1.54, 1.807) is 29.3 Å². The predicted octanol–water partition coefficient (Wildman–Crippen LogP) is 3.97. The number of piperidine rings is 1. The van der Waals surface area contributed by atoms with E-state index in [1.165, 1.54) is 0 Å². The lowest BCUT2D eigenvalue weighted by Crippen LogP contribution is -2.47. The van der Waals surface area contributed by atoms with Gasteiger partial charge < -0.3 is 14.4 Å². The first-order valence-corrected chi connectivity index (χ1v) is 12.3. The number of carbonyl (C=O) groups excluding carboxylic acids is 1. The Bertz CT molecular complexity index is 1110. The van der Waals surface area contributed by atoms with E-state index in [0.717, 1.165) is 16.7 Å². The summed E-state index contributed by atoms with van der Waals surface area (Å²) in [5, 5.41) is 0. The molecule has 172 valence electrons. The van der Waals surface area contributed by atoms with Crippen LogP contribution in [0, 0.1) is 20.8 Å². The summed E-state index contributed by atoms with van der Waals surface area (Å²) in [6, 6.07) is 11.5. The number of cyclic esters (lactones) is 1. The Balaban J connectivity index is 1.47. The molecule has 32 heavy (non-hydrogen) atoms. The lowest BCUT2D eigenvalue weighted by molar-refractivity contribution is 0.121. The Kier molecular flexibility index (Phi) is 6.18. The summed E-state index contributed by atoms with van der Waals surface area (Å²) in [5.74, 6) is 0.693. The Hall–Kier alpha value is -2.58. The highest BCUT2D eigenvalue weighted by Crippen LogP contribution is 2.35. The lowest BCUT2D eigenvalue weighted by atomic mass is 10.0. The normalized spacial score (nSPS) is 20.4. The summed E-state index contributed by atoms with van der Waals surface area (Å²) >= 11 is 0. The first kappa shape index (κ1) is 22.6. The number of benzene rings is 2. The minimum Gasteiger partial charge on any atom is -0.496 e. The highest BCUT2D eigenvalue weighted by molar-refractivity contribution is 7.89. The van der Waals surface area contributed by atoms with Crippen molar-refractivity contribution in [2.24, 2.45) is 0 Å². The van der Waals surface area contributed by atoms with Gasteiger partial charge in [-0.1, -0.05) is 30.3 Å². The summed E-state index contributed by atoms with van der Waals surface area (Å²) in [7, 11) is -2.05. The van der Waals surface area contributed by atoms with Crippen LogP contribution in [0.3, 0.4) is 0 Å². The number of methoxy groups -OCH3 is 1. The zero-order valence-electron chi connectivity index (χ0n) is 19.0. The lowest BCUT2D eigenvalue weighted by Gasteiger charge is -2.35. The number of amides is 1. The maximum absolute atomic E-state index is 13.5. The SMILES string of the molecule is COc1cc(C)c(S(=O)(=O)N2CCC(N3CC(c4ccccc4)OC3=O)CC2)c(C)c1C. The maximum Gasteiger partial charge on any atom is 0.410 e. The van der Waals surface area contributed by atoms with E-state index >= 15 is 0 Å². The van der Waals surface area contributed by atoms with Gasteiger partial charge in [0.1, 0.15) is 11.9 Å². The molecule has 7 nitrogen and oxygen atoms in total. The Morgan fingerprint density at radius 3 is 2.31 bits per heavy atom. The van der Waals surface area contributed by atoms with Crippen molar-refractivity contribution in [3.8, 4) is 5.75 Å². The van der Waals surface area contributed by atoms with Crippen LogP contribution in [0.1, 0.15) is 41.2 Å². The molecule has 0 N–H and O–H groups in total. The zero-order chi connectivity index (χ0) is 23.0. The van der Waals surface area contributed by atoms with Gasteiger partial charge in [0.05, 0.1) is 18.6 Å². The molecular weight excluding hydrogens is 428 g/mol. The van der Waals surface area contributed by atoms with Crippen molar-refractivity contribution < 1.29 is 22.7 Å². The zero-order valence-corrected chi connectivity index (χ0v) is 19.8. The van der Waals surface area contributed by atoms with Gasteiger partial charge in [-0.05, 0) is 61.9 Å². The molecule has 2 fully saturated rings. The van der Waals surface area contributed by atoms with E-state index in [1.807, 2.05) is 44.2 Å². The van der Waals surface area contributed by atoms with Crippen LogP contribution < -0.4 is 4.74 Å². The van der Waals surface area contributed by atoms with E-state index in [9.17, 15) is 13.2 Å². The molecule has 2 aliphatic rings. The van der Waals surface area contributed by atoms with Crippen molar-refractivity contribution >= 4 is 16.1 Å². The number of sulfonamides is 1. The quantitative estimate of drug-likeness (QED) is 0.678. The van der Waals surface area contributed by atoms with Crippen LogP contribution in [-0.4, -0.2) is 56.5 Å². The van der Waals surface area contributed by atoms with Crippen LogP contribution in [0.25, 0.3) is 0 Å². The number of carbonyl (C=O) groups is 1. The van der Waals surface area contributed by atoms with Gasteiger partial charge in [0, 0.05) is 19.1 Å². The molecule has 0 radical (unpaired) electrons. The molecule has 2 heterocycles. The van der Waals surface area contributed by atoms with Crippen LogP contribution >= 0.6 is 0 Å². The second-order valence-corrected chi connectivity index (χ2v) is 10.4. The molecule has 2 saturated heterocycles. The van der Waals surface area contributed by atoms with E-state index in [0.29, 0.717) is 48.7 Å². The number of hydrogen-bond donors (Lipinski definition) is 0. The summed E-state index contributed by atoms with van der Waals surface area (Å²) in [5.41, 5.74) is 3.21. The fourth-order valence-electron chi connectivity index (χ4n) is 4.77. The van der Waals surface area contributed by atoms with E-state index in [2.05, 4.69) is 0 Å². The van der Waals surface area contributed by atoms with E-state index < -0.39 is 10.0 Å². The van der Waals surface area contributed by atoms with Crippen molar-refractivity contribution in [2.45, 2.75) is 50.7 Å². The van der Waals surface area contributed by atoms with Crippen LogP contribution in [-0.2, 0) is 14.8 Å². The standard InChI is InChI=1S/C24H30N2O5S/c1-16-14-21(30-4)17(2)18(3)23(16)32(28,29)25-12-10-20(11-13-25)26-15-22(31-24(26)27)19-8-6-5-7-9-19/h5-9,14,20,22H,10-13,15H2,1-4H3. The summed E-state index contributed by atoms with van der Waals surface area (Å²) in [6.07, 6.45) is 0.572. The van der Waals surface area contributed by atoms with Crippen LogP contribution in [0.15, 0.2) is 41.3 Å². The summed E-state index contributed by atoms with van der Waals surface area (Å²) < 4.78 is 39.5. The molecule has 0 aromatic heterocycles. The molecule has 2 aliphatic heterocycles. The number of nitrogens with zero attached hydrogens (tertiary/aromatic N) is 2. The Morgan fingerprint density at radius 1 is 1.03 bits per heavy atom. The third-order valence-electron chi connectivity index (χ3n) is 6.67. The van der Waals surface area contributed by atoms with E-state index in [4.69, 9.17) is 9.47 Å². The molecule has 8 heteroatoms. The average Bonchev–Trinajstić information content (AvgIpc) is 3.18. The molecule has 1 unspecified atom stereocenters. The van der Waals surface area contributed by atoms with Crippen molar-refractivity contribution in [1.82, 2.24) is 9.21 Å². The third-order valence-corrected chi connectivity index (χ3v) is 8.86. The van der Waals surface area contributed by atoms with Crippen molar-refractivity contribution in [3.63, 3.8) is 0 Å². The molecule has 1 amide bonds. The molecular formula is C24H30N2O5S. The second kappa shape index (κ2) is 8.75. The molecule has 0 saturated carbocycles. The summed E-state index contributed by atoms with van der Waals surface area (Å²) in [4.78, 5) is 14.6. The highest BCUT2D eigenvalue weighted by atomic mass is 32.2. The third kappa shape index (κ3) is 3.97. The maximum atomic E-state index is 13.5. The van der Waals surface area contributed by atoms with Gasteiger partial charge in [-0.25, -0.2) is 13.2 Å². The highest BCUT2D eigenvalue weighted by Gasteiger charge is 2.40. The van der Waals surface area contributed by atoms with Crippen molar-refractivity contribution in [3.05, 3.63) is 58.7 Å². The Labute approximate surface area is 190 Å². The van der Waals surface area contributed by atoms with Crippen molar-refractivity contribution in [1.29, 1.82) is 0 Å². The molecule has 1 atom stereocenters. The molecule has 2 aromatic carbocycles. The first-order chi connectivity index (χ1) is 15.2. The fourth-order valence-corrected chi connectivity index (χ4v) is 6.73. The number of rotatable bonds is 5. The second-order valence-electron chi connectivity index (χ2n) is 8.55. The number of aryl methyl sites for hydroxylation is 1. The molecule has 0 aliphatic carbocycles. The topological polar surface area (TPSA) is 76.2 Å². The average molecular weight is 459 g/mol. The minimum absolute atomic E-state index is 0.0255. The molecule has 0 spiro atoms. The molecule has 0 bridgehead atoms. The van der Waals surface area contributed by atoms with Crippen LogP contribution in [0.5, 0.6) is 5.75 Å². The number of ether oxygens (including phenoxy) is 2.